The minimum atomic E-state index is -0.975. The third-order valence-electron chi connectivity index (χ3n) is 2.93. The first kappa shape index (κ1) is 12.6. The van der Waals surface area contributed by atoms with E-state index < -0.39 is 5.97 Å². The van der Waals surface area contributed by atoms with Crippen molar-refractivity contribution in [1.29, 1.82) is 0 Å². The van der Waals surface area contributed by atoms with Crippen LogP contribution >= 0.6 is 11.3 Å². The number of carboxylic acid groups (broad SMARTS) is 1. The number of carbonyl (C=O) groups is 1. The van der Waals surface area contributed by atoms with E-state index in [-0.39, 0.29) is 5.56 Å². The molecule has 0 radical (unpaired) electrons. The number of benzene rings is 1. The van der Waals surface area contributed by atoms with Crippen LogP contribution in [0.2, 0.25) is 0 Å². The van der Waals surface area contributed by atoms with Crippen LogP contribution in [-0.4, -0.2) is 21.0 Å². The zero-order chi connectivity index (χ0) is 14.1. The van der Waals surface area contributed by atoms with E-state index in [4.69, 9.17) is 9.84 Å². The molecule has 0 aliphatic heterocycles. The molecule has 0 atom stereocenters. The molecule has 0 spiro atoms. The second-order valence-electron chi connectivity index (χ2n) is 4.15. The molecule has 0 aliphatic carbocycles. The van der Waals surface area contributed by atoms with E-state index in [0.29, 0.717) is 17.2 Å². The quantitative estimate of drug-likeness (QED) is 0.798. The number of carboxylic acids is 1. The third-order valence-corrected chi connectivity index (χ3v) is 3.82. The number of fused-ring (bicyclic) bond motifs is 1. The largest absolute Gasteiger partial charge is 0.478 e. The topological polar surface area (TPSA) is 72.3 Å². The van der Waals surface area contributed by atoms with E-state index in [0.717, 1.165) is 10.2 Å². The number of hydrogen-bond acceptors (Lipinski definition) is 5. The second kappa shape index (κ2) is 4.90. The Morgan fingerprint density at radius 2 is 2.15 bits per heavy atom. The van der Waals surface area contributed by atoms with Gasteiger partial charge >= 0.3 is 5.97 Å². The summed E-state index contributed by atoms with van der Waals surface area (Å²) in [6, 6.07) is 6.81. The summed E-state index contributed by atoms with van der Waals surface area (Å²) in [6.07, 6.45) is 1.43. The lowest BCUT2D eigenvalue weighted by Crippen LogP contribution is -2.01. The second-order valence-corrected chi connectivity index (χ2v) is 5.07. The highest BCUT2D eigenvalue weighted by atomic mass is 32.1. The molecule has 5 nitrogen and oxygen atoms in total. The van der Waals surface area contributed by atoms with Crippen LogP contribution < -0.4 is 4.74 Å². The standard InChI is InChI=1S/C14H10N2O3S/c1-8-9(14(17)18)3-2-4-11(8)19-13-12-10(5-6-20-12)15-7-16-13/h2-7H,1H3,(H,17,18). The van der Waals surface area contributed by atoms with E-state index in [2.05, 4.69) is 9.97 Å². The molecule has 0 bridgehead atoms. The smallest absolute Gasteiger partial charge is 0.336 e. The third kappa shape index (κ3) is 2.10. The van der Waals surface area contributed by atoms with Crippen LogP contribution in [-0.2, 0) is 0 Å². The fourth-order valence-corrected chi connectivity index (χ4v) is 2.67. The number of hydrogen-bond donors (Lipinski definition) is 1. The van der Waals surface area contributed by atoms with Gasteiger partial charge in [0.25, 0.3) is 0 Å². The van der Waals surface area contributed by atoms with Gasteiger partial charge in [-0.2, -0.15) is 0 Å². The normalized spacial score (nSPS) is 10.7. The highest BCUT2D eigenvalue weighted by molar-refractivity contribution is 7.17. The number of ether oxygens (including phenoxy) is 1. The van der Waals surface area contributed by atoms with E-state index in [1.54, 1.807) is 25.1 Å². The lowest BCUT2D eigenvalue weighted by Gasteiger charge is -2.09. The molecule has 0 saturated heterocycles. The van der Waals surface area contributed by atoms with Crippen LogP contribution in [0.5, 0.6) is 11.6 Å². The van der Waals surface area contributed by atoms with Gasteiger partial charge in [-0.1, -0.05) is 6.07 Å². The molecular formula is C14H10N2O3S. The lowest BCUT2D eigenvalue weighted by atomic mass is 10.1. The summed E-state index contributed by atoms with van der Waals surface area (Å²) in [6.45, 7) is 1.71. The van der Waals surface area contributed by atoms with Crippen LogP contribution in [0.25, 0.3) is 10.2 Å². The Morgan fingerprint density at radius 1 is 1.30 bits per heavy atom. The summed E-state index contributed by atoms with van der Waals surface area (Å²) in [7, 11) is 0. The minimum absolute atomic E-state index is 0.221. The molecular weight excluding hydrogens is 276 g/mol. The Hall–Kier alpha value is -2.47. The molecule has 0 saturated carbocycles. The van der Waals surface area contributed by atoms with Crippen molar-refractivity contribution in [2.24, 2.45) is 0 Å². The van der Waals surface area contributed by atoms with Crippen molar-refractivity contribution >= 4 is 27.5 Å². The van der Waals surface area contributed by atoms with Crippen molar-refractivity contribution in [3.63, 3.8) is 0 Å². The fraction of sp³-hybridized carbons (Fsp3) is 0.0714. The first-order valence-corrected chi connectivity index (χ1v) is 6.74. The molecule has 6 heteroatoms. The Balaban J connectivity index is 2.05. The van der Waals surface area contributed by atoms with Gasteiger partial charge in [0.05, 0.1) is 11.1 Å². The molecule has 3 aromatic rings. The molecule has 2 heterocycles. The fourth-order valence-electron chi connectivity index (χ4n) is 1.90. The van der Waals surface area contributed by atoms with Gasteiger partial charge in [-0.15, -0.1) is 11.3 Å². The van der Waals surface area contributed by atoms with Gasteiger partial charge in [0.15, 0.2) is 0 Å². The van der Waals surface area contributed by atoms with Crippen molar-refractivity contribution in [2.75, 3.05) is 0 Å². The molecule has 1 N–H and O–H groups in total. The van der Waals surface area contributed by atoms with E-state index in [1.807, 2.05) is 11.4 Å². The monoisotopic (exact) mass is 286 g/mol. The molecule has 100 valence electrons. The van der Waals surface area contributed by atoms with Gasteiger partial charge in [-0.05, 0) is 30.5 Å². The van der Waals surface area contributed by atoms with E-state index in [1.165, 1.54) is 17.7 Å². The van der Waals surface area contributed by atoms with Crippen molar-refractivity contribution in [3.8, 4) is 11.6 Å². The minimum Gasteiger partial charge on any atom is -0.478 e. The summed E-state index contributed by atoms with van der Waals surface area (Å²) in [5.74, 6) is -0.0501. The molecule has 0 fully saturated rings. The Bertz CT molecular complexity index is 798. The van der Waals surface area contributed by atoms with Crippen LogP contribution in [0.3, 0.4) is 0 Å². The number of rotatable bonds is 3. The maximum atomic E-state index is 11.1. The van der Waals surface area contributed by atoms with Crippen molar-refractivity contribution in [2.45, 2.75) is 6.92 Å². The Morgan fingerprint density at radius 3 is 2.95 bits per heavy atom. The zero-order valence-corrected chi connectivity index (χ0v) is 11.3. The summed E-state index contributed by atoms with van der Waals surface area (Å²) in [5.41, 5.74) is 1.61. The van der Waals surface area contributed by atoms with Crippen molar-refractivity contribution in [1.82, 2.24) is 9.97 Å². The van der Waals surface area contributed by atoms with Gasteiger partial charge in [0.2, 0.25) is 5.88 Å². The van der Waals surface area contributed by atoms with Crippen LogP contribution in [0.4, 0.5) is 0 Å². The first-order valence-electron chi connectivity index (χ1n) is 5.86. The molecule has 0 unspecified atom stereocenters. The Labute approximate surface area is 118 Å². The van der Waals surface area contributed by atoms with Crippen molar-refractivity contribution in [3.05, 3.63) is 47.1 Å². The number of aromatic nitrogens is 2. The zero-order valence-electron chi connectivity index (χ0n) is 10.5. The van der Waals surface area contributed by atoms with Crippen LogP contribution in [0.15, 0.2) is 36.0 Å². The number of thiophene rings is 1. The predicted octanol–water partition coefficient (Wildman–Crippen LogP) is 3.49. The molecule has 3 rings (SSSR count). The van der Waals surface area contributed by atoms with Gasteiger partial charge in [0.1, 0.15) is 16.8 Å². The highest BCUT2D eigenvalue weighted by Crippen LogP contribution is 2.32. The number of aromatic carboxylic acids is 1. The Kier molecular flexibility index (Phi) is 3.08. The van der Waals surface area contributed by atoms with E-state index >= 15 is 0 Å². The van der Waals surface area contributed by atoms with Crippen molar-refractivity contribution < 1.29 is 14.6 Å². The average Bonchev–Trinajstić information content (AvgIpc) is 2.90. The molecule has 0 amide bonds. The summed E-state index contributed by atoms with van der Waals surface area (Å²) in [4.78, 5) is 19.4. The van der Waals surface area contributed by atoms with Gasteiger partial charge < -0.3 is 9.84 Å². The van der Waals surface area contributed by atoms with E-state index in [9.17, 15) is 4.79 Å². The maximum absolute atomic E-state index is 11.1. The molecule has 0 aliphatic rings. The van der Waals surface area contributed by atoms with Gasteiger partial charge in [0, 0.05) is 5.56 Å². The van der Waals surface area contributed by atoms with Crippen LogP contribution in [0.1, 0.15) is 15.9 Å². The highest BCUT2D eigenvalue weighted by Gasteiger charge is 2.13. The van der Waals surface area contributed by atoms with Crippen LogP contribution in [0, 0.1) is 6.92 Å². The molecule has 20 heavy (non-hydrogen) atoms. The van der Waals surface area contributed by atoms with Gasteiger partial charge in [-0.25, -0.2) is 14.8 Å². The summed E-state index contributed by atoms with van der Waals surface area (Å²) in [5, 5.41) is 11.0. The SMILES string of the molecule is Cc1c(Oc2ncnc3ccsc23)cccc1C(=O)O. The first-order chi connectivity index (χ1) is 9.66. The molecule has 1 aromatic carbocycles. The number of nitrogens with zero attached hydrogens (tertiary/aromatic N) is 2. The predicted molar refractivity (Wildman–Crippen MR) is 75.6 cm³/mol. The maximum Gasteiger partial charge on any atom is 0.336 e. The lowest BCUT2D eigenvalue weighted by molar-refractivity contribution is 0.0695. The van der Waals surface area contributed by atoms with Gasteiger partial charge in [-0.3, -0.25) is 0 Å². The summed E-state index contributed by atoms with van der Waals surface area (Å²) < 4.78 is 6.61. The molecule has 2 aromatic heterocycles. The summed E-state index contributed by atoms with van der Waals surface area (Å²) >= 11 is 1.48. The average molecular weight is 286 g/mol.